The minimum absolute atomic E-state index is 0.0232. The maximum absolute atomic E-state index is 11.1. The molecule has 0 radical (unpaired) electrons. The summed E-state index contributed by atoms with van der Waals surface area (Å²) >= 11 is 0. The van der Waals surface area contributed by atoms with Gasteiger partial charge in [0.1, 0.15) is 5.75 Å². The molecule has 2 N–H and O–H groups in total. The average molecular weight is 233 g/mol. The van der Waals surface area contributed by atoms with Crippen LogP contribution in [0.2, 0.25) is 0 Å². The molecule has 2 aromatic rings. The Morgan fingerprint density at radius 2 is 2.18 bits per heavy atom. The second kappa shape index (κ2) is 4.29. The normalized spacial score (nSPS) is 10.4. The number of carbonyl (C=O) groups is 1. The van der Waals surface area contributed by atoms with Gasteiger partial charge in [-0.15, -0.1) is 0 Å². The number of phenolic OH excluding ortho intramolecular Hbond substituents is 1. The van der Waals surface area contributed by atoms with Gasteiger partial charge in [-0.05, 0) is 12.1 Å². The van der Waals surface area contributed by atoms with E-state index in [0.29, 0.717) is 10.9 Å². The number of rotatable bonds is 2. The summed E-state index contributed by atoms with van der Waals surface area (Å²) < 4.78 is 4.92. The van der Waals surface area contributed by atoms with Crippen LogP contribution in [0.5, 0.6) is 17.2 Å². The molecule has 1 aromatic carbocycles. The Balaban J connectivity index is 2.50. The number of phenols is 1. The second-order valence-electron chi connectivity index (χ2n) is 3.50. The molecule has 0 atom stereocenters. The van der Waals surface area contributed by atoms with E-state index in [9.17, 15) is 15.0 Å². The van der Waals surface area contributed by atoms with E-state index in [1.165, 1.54) is 24.4 Å². The molecule has 0 saturated carbocycles. The number of carbonyl (C=O) groups excluding carboxylic acids is 1. The molecular weight excluding hydrogens is 222 g/mol. The summed E-state index contributed by atoms with van der Waals surface area (Å²) in [6.45, 7) is 1.66. The first kappa shape index (κ1) is 11.2. The Kier molecular flexibility index (Phi) is 2.82. The lowest BCUT2D eigenvalue weighted by molar-refractivity contribution is -0.134. The summed E-state index contributed by atoms with van der Waals surface area (Å²) in [4.78, 5) is 15.1. The Labute approximate surface area is 97.3 Å². The highest BCUT2D eigenvalue weighted by atomic mass is 16.5. The number of pyridine rings is 1. The molecule has 0 amide bonds. The van der Waals surface area contributed by atoms with Crippen molar-refractivity contribution in [3.05, 3.63) is 24.4 Å². The number of nitrogens with zero attached hydrogens (tertiary/aromatic N) is 1. The highest BCUT2D eigenvalue weighted by Gasteiger charge is 2.11. The predicted molar refractivity (Wildman–Crippen MR) is 61.0 cm³/mol. The standard InChI is InChI=1S/C12H11NO4/c1-2-11(15)17-10-6-13-9-5-7(14)3-4-8(9)12(10)16/h3-6,14H,2H2,1H3,(H,13,16). The predicted octanol–water partition coefficient (Wildman–Crippen LogP) is 1.96. The number of fused-ring (bicyclic) bond motifs is 1. The fourth-order valence-electron chi connectivity index (χ4n) is 1.42. The highest BCUT2D eigenvalue weighted by Crippen LogP contribution is 2.34. The number of aromatic nitrogens is 1. The lowest BCUT2D eigenvalue weighted by Gasteiger charge is -2.07. The van der Waals surface area contributed by atoms with Crippen molar-refractivity contribution < 1.29 is 19.7 Å². The minimum atomic E-state index is -0.444. The fraction of sp³-hybridized carbons (Fsp3) is 0.167. The smallest absolute Gasteiger partial charge is 0.311 e. The van der Waals surface area contributed by atoms with Crippen molar-refractivity contribution in [3.63, 3.8) is 0 Å². The van der Waals surface area contributed by atoms with Gasteiger partial charge in [-0.25, -0.2) is 0 Å². The third kappa shape index (κ3) is 2.13. The zero-order valence-electron chi connectivity index (χ0n) is 9.17. The zero-order valence-corrected chi connectivity index (χ0v) is 9.17. The van der Waals surface area contributed by atoms with E-state index in [2.05, 4.69) is 4.98 Å². The molecule has 0 bridgehead atoms. The molecule has 88 valence electrons. The van der Waals surface area contributed by atoms with Crippen molar-refractivity contribution >= 4 is 16.9 Å². The molecule has 5 heteroatoms. The van der Waals surface area contributed by atoms with Crippen LogP contribution in [0.15, 0.2) is 24.4 Å². The van der Waals surface area contributed by atoms with E-state index < -0.39 is 5.97 Å². The molecule has 1 heterocycles. The number of esters is 1. The number of aromatic hydroxyl groups is 2. The van der Waals surface area contributed by atoms with Gasteiger partial charge in [0.25, 0.3) is 0 Å². The summed E-state index contributed by atoms with van der Waals surface area (Å²) in [6.07, 6.45) is 1.47. The number of benzene rings is 1. The van der Waals surface area contributed by atoms with E-state index in [1.54, 1.807) is 6.92 Å². The van der Waals surface area contributed by atoms with Crippen LogP contribution >= 0.6 is 0 Å². The third-order valence-corrected chi connectivity index (χ3v) is 2.30. The van der Waals surface area contributed by atoms with Crippen molar-refractivity contribution in [2.75, 3.05) is 0 Å². The van der Waals surface area contributed by atoms with E-state index >= 15 is 0 Å². The largest absolute Gasteiger partial charge is 0.508 e. The quantitative estimate of drug-likeness (QED) is 0.775. The zero-order chi connectivity index (χ0) is 12.4. The molecule has 0 aliphatic rings. The Morgan fingerprint density at radius 1 is 1.41 bits per heavy atom. The van der Waals surface area contributed by atoms with Crippen LogP contribution in [0, 0.1) is 0 Å². The Hall–Kier alpha value is -2.30. The first-order chi connectivity index (χ1) is 8.11. The van der Waals surface area contributed by atoms with Crippen LogP contribution in [-0.4, -0.2) is 21.2 Å². The fourth-order valence-corrected chi connectivity index (χ4v) is 1.42. The third-order valence-electron chi connectivity index (χ3n) is 2.30. The van der Waals surface area contributed by atoms with Crippen molar-refractivity contribution in [1.29, 1.82) is 0 Å². The Bertz CT molecular complexity index is 580. The molecule has 0 fully saturated rings. The van der Waals surface area contributed by atoms with Gasteiger partial charge >= 0.3 is 5.97 Å². The monoisotopic (exact) mass is 233 g/mol. The molecule has 17 heavy (non-hydrogen) atoms. The number of ether oxygens (including phenoxy) is 1. The van der Waals surface area contributed by atoms with E-state index in [0.717, 1.165) is 0 Å². The highest BCUT2D eigenvalue weighted by molar-refractivity contribution is 5.88. The van der Waals surface area contributed by atoms with E-state index in [4.69, 9.17) is 4.74 Å². The molecule has 0 saturated heterocycles. The first-order valence-corrected chi connectivity index (χ1v) is 5.13. The molecule has 0 aliphatic heterocycles. The van der Waals surface area contributed by atoms with Gasteiger partial charge < -0.3 is 14.9 Å². The topological polar surface area (TPSA) is 79.7 Å². The lowest BCUT2D eigenvalue weighted by atomic mass is 10.2. The maximum Gasteiger partial charge on any atom is 0.311 e. The molecule has 5 nitrogen and oxygen atoms in total. The van der Waals surface area contributed by atoms with Crippen LogP contribution in [0.3, 0.4) is 0 Å². The summed E-state index contributed by atoms with van der Waals surface area (Å²) in [5.74, 6) is -0.519. The number of hydrogen-bond donors (Lipinski definition) is 2. The van der Waals surface area contributed by atoms with Crippen LogP contribution < -0.4 is 4.74 Å². The molecule has 0 aliphatic carbocycles. The SMILES string of the molecule is CCC(=O)Oc1cnc2cc(O)ccc2c1O. The number of hydrogen-bond acceptors (Lipinski definition) is 5. The van der Waals surface area contributed by atoms with Gasteiger partial charge in [0.05, 0.1) is 11.7 Å². The molecule has 1 aromatic heterocycles. The van der Waals surface area contributed by atoms with Gasteiger partial charge in [0, 0.05) is 17.9 Å². The average Bonchev–Trinajstić information content (AvgIpc) is 2.32. The van der Waals surface area contributed by atoms with Crippen molar-refractivity contribution in [3.8, 4) is 17.2 Å². The molecule has 0 unspecified atom stereocenters. The summed E-state index contributed by atoms with van der Waals surface area (Å²) in [5.41, 5.74) is 0.429. The molecular formula is C12H11NO4. The minimum Gasteiger partial charge on any atom is -0.508 e. The molecule has 0 spiro atoms. The van der Waals surface area contributed by atoms with Gasteiger partial charge in [-0.1, -0.05) is 6.92 Å². The lowest BCUT2D eigenvalue weighted by Crippen LogP contribution is -2.06. The van der Waals surface area contributed by atoms with Crippen LogP contribution in [0.1, 0.15) is 13.3 Å². The molecule has 2 rings (SSSR count). The van der Waals surface area contributed by atoms with E-state index in [-0.39, 0.29) is 23.7 Å². The van der Waals surface area contributed by atoms with Gasteiger partial charge in [-0.2, -0.15) is 0 Å². The van der Waals surface area contributed by atoms with Crippen molar-refractivity contribution in [2.24, 2.45) is 0 Å². The van der Waals surface area contributed by atoms with Crippen molar-refractivity contribution in [2.45, 2.75) is 13.3 Å². The summed E-state index contributed by atoms with van der Waals surface area (Å²) in [5, 5.41) is 19.6. The second-order valence-corrected chi connectivity index (χ2v) is 3.50. The maximum atomic E-state index is 11.1. The van der Waals surface area contributed by atoms with Gasteiger partial charge in [0.2, 0.25) is 0 Å². The first-order valence-electron chi connectivity index (χ1n) is 5.13. The van der Waals surface area contributed by atoms with Crippen molar-refractivity contribution in [1.82, 2.24) is 4.98 Å². The van der Waals surface area contributed by atoms with Gasteiger partial charge in [-0.3, -0.25) is 9.78 Å². The van der Waals surface area contributed by atoms with Crippen LogP contribution in [0.4, 0.5) is 0 Å². The Morgan fingerprint density at radius 3 is 2.88 bits per heavy atom. The van der Waals surface area contributed by atoms with Crippen LogP contribution in [0.25, 0.3) is 10.9 Å². The summed E-state index contributed by atoms with van der Waals surface area (Å²) in [7, 11) is 0. The van der Waals surface area contributed by atoms with Crippen LogP contribution in [-0.2, 0) is 4.79 Å². The summed E-state index contributed by atoms with van der Waals surface area (Å²) in [6, 6.07) is 4.35. The van der Waals surface area contributed by atoms with Gasteiger partial charge in [0.15, 0.2) is 11.5 Å². The van der Waals surface area contributed by atoms with E-state index in [1.807, 2.05) is 0 Å².